The van der Waals surface area contributed by atoms with E-state index in [1.54, 1.807) is 4.31 Å². The molecule has 1 saturated heterocycles. The Morgan fingerprint density at radius 1 is 1.25 bits per heavy atom. The number of hydrogen-bond donors (Lipinski definition) is 0. The van der Waals surface area contributed by atoms with Crippen LogP contribution in [-0.2, 0) is 10.0 Å². The molecule has 4 nitrogen and oxygen atoms in total. The van der Waals surface area contributed by atoms with Gasteiger partial charge in [0.25, 0.3) is 0 Å². The first-order valence-electron chi connectivity index (χ1n) is 5.91. The van der Waals surface area contributed by atoms with Gasteiger partial charge >= 0.3 is 0 Å². The van der Waals surface area contributed by atoms with E-state index in [9.17, 15) is 8.42 Å². The lowest BCUT2D eigenvalue weighted by atomic mass is 10.3. The Morgan fingerprint density at radius 2 is 1.88 bits per heavy atom. The molecule has 0 aliphatic carbocycles. The van der Waals surface area contributed by atoms with E-state index in [2.05, 4.69) is 11.5 Å². The predicted molar refractivity (Wildman–Crippen MR) is 66.9 cm³/mol. The van der Waals surface area contributed by atoms with Gasteiger partial charge in [0.05, 0.1) is 5.75 Å². The van der Waals surface area contributed by atoms with Crippen LogP contribution in [0.5, 0.6) is 0 Å². The van der Waals surface area contributed by atoms with E-state index in [0.717, 1.165) is 32.5 Å². The first kappa shape index (κ1) is 13.7. The van der Waals surface area contributed by atoms with E-state index in [1.165, 1.54) is 0 Å². The first-order valence-corrected chi connectivity index (χ1v) is 7.52. The van der Waals surface area contributed by atoms with Gasteiger partial charge in [-0.25, -0.2) is 8.42 Å². The van der Waals surface area contributed by atoms with E-state index in [1.807, 2.05) is 13.0 Å². The summed E-state index contributed by atoms with van der Waals surface area (Å²) in [5.41, 5.74) is 0. The van der Waals surface area contributed by atoms with Crippen molar-refractivity contribution in [1.29, 1.82) is 0 Å². The first-order chi connectivity index (χ1) is 7.60. The molecule has 0 aromatic carbocycles. The third kappa shape index (κ3) is 3.88. The molecule has 5 heteroatoms. The maximum absolute atomic E-state index is 11.9. The second-order valence-corrected chi connectivity index (χ2v) is 6.25. The molecule has 1 aliphatic heterocycles. The Balaban J connectivity index is 2.43. The lowest BCUT2D eigenvalue weighted by Gasteiger charge is -2.33. The Bertz CT molecular complexity index is 306. The molecular weight excluding hydrogens is 224 g/mol. The van der Waals surface area contributed by atoms with E-state index >= 15 is 0 Å². The molecule has 0 unspecified atom stereocenters. The van der Waals surface area contributed by atoms with Crippen molar-refractivity contribution in [3.63, 3.8) is 0 Å². The Labute approximate surface area is 99.0 Å². The molecule has 1 aliphatic rings. The van der Waals surface area contributed by atoms with Gasteiger partial charge in [-0.1, -0.05) is 19.4 Å². The quantitative estimate of drug-likeness (QED) is 0.654. The van der Waals surface area contributed by atoms with E-state index in [4.69, 9.17) is 0 Å². The molecule has 1 fully saturated rings. The summed E-state index contributed by atoms with van der Waals surface area (Å²) in [6, 6.07) is 0. The van der Waals surface area contributed by atoms with Crippen molar-refractivity contribution >= 4 is 10.0 Å². The second-order valence-electron chi connectivity index (χ2n) is 4.16. The monoisotopic (exact) mass is 246 g/mol. The van der Waals surface area contributed by atoms with Crippen molar-refractivity contribution in [1.82, 2.24) is 9.21 Å². The second kappa shape index (κ2) is 6.37. The lowest BCUT2D eigenvalue weighted by molar-refractivity contribution is 0.204. The Morgan fingerprint density at radius 3 is 2.38 bits per heavy atom. The maximum atomic E-state index is 11.9. The van der Waals surface area contributed by atoms with Crippen molar-refractivity contribution in [3.8, 4) is 0 Å². The highest BCUT2D eigenvalue weighted by molar-refractivity contribution is 7.89. The smallest absolute Gasteiger partial charge is 0.214 e. The van der Waals surface area contributed by atoms with Gasteiger partial charge in [-0.3, -0.25) is 4.90 Å². The van der Waals surface area contributed by atoms with Crippen LogP contribution in [-0.4, -0.2) is 56.1 Å². The van der Waals surface area contributed by atoms with Gasteiger partial charge in [-0.15, -0.1) is 6.58 Å². The number of unbranched alkanes of at least 4 members (excludes halogenated alkanes) is 1. The number of piperazine rings is 1. The van der Waals surface area contributed by atoms with E-state index in [0.29, 0.717) is 18.8 Å². The van der Waals surface area contributed by atoms with Crippen LogP contribution < -0.4 is 0 Å². The summed E-state index contributed by atoms with van der Waals surface area (Å²) in [5, 5.41) is 0. The van der Waals surface area contributed by atoms with Crippen LogP contribution in [0.3, 0.4) is 0 Å². The normalized spacial score (nSPS) is 19.8. The molecular formula is C11H22N2O2S. The number of sulfonamides is 1. The maximum Gasteiger partial charge on any atom is 0.214 e. The van der Waals surface area contributed by atoms with Crippen molar-refractivity contribution in [2.75, 3.05) is 38.5 Å². The van der Waals surface area contributed by atoms with Crippen LogP contribution >= 0.6 is 0 Å². The van der Waals surface area contributed by atoms with Crippen molar-refractivity contribution in [3.05, 3.63) is 12.7 Å². The SMILES string of the molecule is C=CCN1CCN(S(=O)(=O)CCCC)CC1. The molecule has 0 aromatic rings. The summed E-state index contributed by atoms with van der Waals surface area (Å²) in [5.74, 6) is 0.297. The van der Waals surface area contributed by atoms with Crippen LogP contribution in [0.25, 0.3) is 0 Å². The molecule has 0 N–H and O–H groups in total. The Kier molecular flexibility index (Phi) is 5.44. The summed E-state index contributed by atoms with van der Waals surface area (Å²) < 4.78 is 25.4. The third-order valence-corrected chi connectivity index (χ3v) is 4.82. The zero-order chi connectivity index (χ0) is 12.0. The minimum absolute atomic E-state index is 0.297. The van der Waals surface area contributed by atoms with Crippen molar-refractivity contribution in [2.24, 2.45) is 0 Å². The van der Waals surface area contributed by atoms with Gasteiger partial charge in [0, 0.05) is 32.7 Å². The van der Waals surface area contributed by atoms with Crippen LogP contribution in [0, 0.1) is 0 Å². The van der Waals surface area contributed by atoms with Gasteiger partial charge in [0.1, 0.15) is 0 Å². The fourth-order valence-corrected chi connectivity index (χ4v) is 3.46. The summed E-state index contributed by atoms with van der Waals surface area (Å²) in [6.07, 6.45) is 3.55. The van der Waals surface area contributed by atoms with Crippen LogP contribution in [0.1, 0.15) is 19.8 Å². The summed E-state index contributed by atoms with van der Waals surface area (Å²) in [6.45, 7) is 9.43. The zero-order valence-corrected chi connectivity index (χ0v) is 10.9. The van der Waals surface area contributed by atoms with Crippen LogP contribution in [0.15, 0.2) is 12.7 Å². The van der Waals surface area contributed by atoms with E-state index in [-0.39, 0.29) is 0 Å². The van der Waals surface area contributed by atoms with Gasteiger partial charge in [0.15, 0.2) is 0 Å². The molecule has 0 bridgehead atoms. The van der Waals surface area contributed by atoms with Crippen molar-refractivity contribution in [2.45, 2.75) is 19.8 Å². The minimum Gasteiger partial charge on any atom is -0.297 e. The summed E-state index contributed by atoms with van der Waals surface area (Å²) in [4.78, 5) is 2.22. The van der Waals surface area contributed by atoms with Crippen LogP contribution in [0.4, 0.5) is 0 Å². The fourth-order valence-electron chi connectivity index (χ4n) is 1.83. The molecule has 16 heavy (non-hydrogen) atoms. The minimum atomic E-state index is -3.00. The number of hydrogen-bond acceptors (Lipinski definition) is 3. The highest BCUT2D eigenvalue weighted by Gasteiger charge is 2.25. The lowest BCUT2D eigenvalue weighted by Crippen LogP contribution is -2.49. The van der Waals surface area contributed by atoms with Gasteiger partial charge in [-0.2, -0.15) is 4.31 Å². The number of rotatable bonds is 6. The van der Waals surface area contributed by atoms with Crippen LogP contribution in [0.2, 0.25) is 0 Å². The predicted octanol–water partition coefficient (Wildman–Crippen LogP) is 0.920. The summed E-state index contributed by atoms with van der Waals surface area (Å²) in [7, 11) is -3.00. The zero-order valence-electron chi connectivity index (χ0n) is 10.1. The average Bonchev–Trinajstić information content (AvgIpc) is 2.28. The molecule has 0 saturated carbocycles. The van der Waals surface area contributed by atoms with E-state index < -0.39 is 10.0 Å². The molecule has 0 spiro atoms. The topological polar surface area (TPSA) is 40.6 Å². The molecule has 0 atom stereocenters. The highest BCUT2D eigenvalue weighted by atomic mass is 32.2. The van der Waals surface area contributed by atoms with Gasteiger partial charge in [-0.05, 0) is 6.42 Å². The number of nitrogens with zero attached hydrogens (tertiary/aromatic N) is 2. The molecule has 1 heterocycles. The van der Waals surface area contributed by atoms with Gasteiger partial charge < -0.3 is 0 Å². The average molecular weight is 246 g/mol. The largest absolute Gasteiger partial charge is 0.297 e. The molecule has 1 rings (SSSR count). The van der Waals surface area contributed by atoms with Gasteiger partial charge in [0.2, 0.25) is 10.0 Å². The fraction of sp³-hybridized carbons (Fsp3) is 0.818. The highest BCUT2D eigenvalue weighted by Crippen LogP contribution is 2.09. The molecule has 94 valence electrons. The molecule has 0 radical (unpaired) electrons. The third-order valence-electron chi connectivity index (χ3n) is 2.87. The molecule has 0 aromatic heterocycles. The molecule has 0 amide bonds. The van der Waals surface area contributed by atoms with Crippen molar-refractivity contribution < 1.29 is 8.42 Å². The summed E-state index contributed by atoms with van der Waals surface area (Å²) >= 11 is 0. The standard InChI is InChI=1S/C11H22N2O2S/c1-3-5-11-16(14,15)13-9-7-12(6-4-2)8-10-13/h4H,2-3,5-11H2,1H3. The Hall–Kier alpha value is -0.390.